The molecule has 1 aromatic heterocycles. The molecule has 0 saturated carbocycles. The molecule has 0 aliphatic heterocycles. The average molecular weight is 372 g/mol. The van der Waals surface area contributed by atoms with Crippen LogP contribution < -0.4 is 24.4 Å². The molecule has 0 aliphatic rings. The van der Waals surface area contributed by atoms with Gasteiger partial charge in [-0.2, -0.15) is 0 Å². The van der Waals surface area contributed by atoms with Crippen LogP contribution in [0.15, 0.2) is 33.5 Å². The van der Waals surface area contributed by atoms with Gasteiger partial charge in [0.1, 0.15) is 16.7 Å². The summed E-state index contributed by atoms with van der Waals surface area (Å²) < 4.78 is 26.7. The van der Waals surface area contributed by atoms with Gasteiger partial charge in [0.15, 0.2) is 11.3 Å². The van der Waals surface area contributed by atoms with Gasteiger partial charge in [0.05, 0.1) is 19.6 Å². The lowest BCUT2D eigenvalue weighted by molar-refractivity contribution is -0.132. The number of hydrogen-bond acceptors (Lipinski definition) is 8. The van der Waals surface area contributed by atoms with E-state index in [1.807, 2.05) is 0 Å². The van der Waals surface area contributed by atoms with Crippen molar-refractivity contribution in [2.45, 2.75) is 13.8 Å². The van der Waals surface area contributed by atoms with E-state index in [9.17, 15) is 14.4 Å². The van der Waals surface area contributed by atoms with Gasteiger partial charge in [-0.25, -0.2) is 0 Å². The summed E-state index contributed by atoms with van der Waals surface area (Å²) >= 11 is 0. The molecule has 8 heteroatoms. The molecule has 0 bridgehead atoms. The van der Waals surface area contributed by atoms with Crippen molar-refractivity contribution in [2.75, 3.05) is 14.2 Å². The van der Waals surface area contributed by atoms with Crippen LogP contribution in [0.3, 0.4) is 0 Å². The molecule has 1 heterocycles. The number of rotatable bonds is 4. The van der Waals surface area contributed by atoms with E-state index in [0.29, 0.717) is 0 Å². The van der Waals surface area contributed by atoms with Gasteiger partial charge in [-0.3, -0.25) is 14.4 Å². The minimum Gasteiger partial charge on any atom is -0.493 e. The summed E-state index contributed by atoms with van der Waals surface area (Å²) in [7, 11) is 2.75. The van der Waals surface area contributed by atoms with Crippen LogP contribution in [0.4, 0.5) is 0 Å². The highest BCUT2D eigenvalue weighted by molar-refractivity contribution is 5.98. The maximum atomic E-state index is 13.1. The van der Waals surface area contributed by atoms with Crippen molar-refractivity contribution < 1.29 is 33.0 Å². The number of hydrogen-bond donors (Lipinski definition) is 0. The number of ether oxygens (including phenoxy) is 4. The molecule has 140 valence electrons. The number of methoxy groups -OCH3 is 2. The highest BCUT2D eigenvalue weighted by Gasteiger charge is 2.24. The van der Waals surface area contributed by atoms with E-state index in [1.54, 1.807) is 6.07 Å². The van der Waals surface area contributed by atoms with E-state index < -0.39 is 17.4 Å². The number of esters is 2. The van der Waals surface area contributed by atoms with Gasteiger partial charge < -0.3 is 23.4 Å². The molecule has 0 saturated heterocycles. The molecule has 8 nitrogen and oxygen atoms in total. The van der Waals surface area contributed by atoms with E-state index in [4.69, 9.17) is 23.4 Å². The van der Waals surface area contributed by atoms with E-state index >= 15 is 0 Å². The van der Waals surface area contributed by atoms with Crippen LogP contribution >= 0.6 is 0 Å². The fourth-order valence-corrected chi connectivity index (χ4v) is 2.76. The van der Waals surface area contributed by atoms with Gasteiger partial charge >= 0.3 is 11.9 Å². The first-order chi connectivity index (χ1) is 12.9. The highest BCUT2D eigenvalue weighted by atomic mass is 16.6. The summed E-state index contributed by atoms with van der Waals surface area (Å²) in [6.45, 7) is 2.44. The summed E-state index contributed by atoms with van der Waals surface area (Å²) in [5, 5.41) is 0.164. The topological polar surface area (TPSA) is 101 Å². The Hall–Kier alpha value is -3.55. The third kappa shape index (κ3) is 3.17. The summed E-state index contributed by atoms with van der Waals surface area (Å²) in [6, 6.07) is 6.01. The number of benzene rings is 2. The fourth-order valence-electron chi connectivity index (χ4n) is 2.76. The molecule has 0 N–H and O–H groups in total. The van der Waals surface area contributed by atoms with Crippen molar-refractivity contribution in [3.05, 3.63) is 34.5 Å². The smallest absolute Gasteiger partial charge is 0.308 e. The van der Waals surface area contributed by atoms with Crippen molar-refractivity contribution in [2.24, 2.45) is 0 Å². The Morgan fingerprint density at radius 2 is 1.63 bits per heavy atom. The maximum Gasteiger partial charge on any atom is 0.308 e. The molecule has 2 aromatic carbocycles. The second kappa shape index (κ2) is 6.99. The first kappa shape index (κ1) is 18.2. The zero-order valence-corrected chi connectivity index (χ0v) is 15.1. The van der Waals surface area contributed by atoms with Gasteiger partial charge in [0.2, 0.25) is 16.9 Å². The molecule has 0 spiro atoms. The van der Waals surface area contributed by atoms with E-state index in [2.05, 4.69) is 0 Å². The van der Waals surface area contributed by atoms with Crippen LogP contribution in [-0.4, -0.2) is 26.2 Å². The Balaban J connectivity index is 2.49. The summed E-state index contributed by atoms with van der Waals surface area (Å²) in [5.74, 6) is -0.915. The zero-order valence-electron chi connectivity index (χ0n) is 15.1. The van der Waals surface area contributed by atoms with Gasteiger partial charge in [-0.05, 0) is 18.2 Å². The number of carbonyl (C=O) groups excluding carboxylic acids is 2. The predicted molar refractivity (Wildman–Crippen MR) is 95.7 cm³/mol. The minimum atomic E-state index is -0.626. The first-order valence-corrected chi connectivity index (χ1v) is 7.88. The minimum absolute atomic E-state index is 0.0142. The normalized spacial score (nSPS) is 10.7. The summed E-state index contributed by atoms with van der Waals surface area (Å²) in [4.78, 5) is 36.0. The van der Waals surface area contributed by atoms with Crippen LogP contribution in [0, 0.1) is 0 Å². The maximum absolute atomic E-state index is 13.1. The monoisotopic (exact) mass is 372 g/mol. The van der Waals surface area contributed by atoms with Crippen LogP contribution in [0.25, 0.3) is 21.9 Å². The van der Waals surface area contributed by atoms with E-state index in [-0.39, 0.29) is 44.9 Å². The number of carbonyl (C=O) groups is 2. The molecule has 0 aliphatic carbocycles. The molecule has 0 radical (unpaired) electrons. The Bertz CT molecular complexity index is 1130. The third-order valence-corrected chi connectivity index (χ3v) is 3.75. The molecule has 0 atom stereocenters. The second-order valence-electron chi connectivity index (χ2n) is 5.57. The first-order valence-electron chi connectivity index (χ1n) is 7.88. The Labute approximate surface area is 153 Å². The molecule has 3 rings (SSSR count). The quantitative estimate of drug-likeness (QED) is 0.391. The molecule has 27 heavy (non-hydrogen) atoms. The van der Waals surface area contributed by atoms with Crippen molar-refractivity contribution in [1.82, 2.24) is 0 Å². The van der Waals surface area contributed by atoms with Crippen LogP contribution in [0.5, 0.6) is 23.0 Å². The molecular weight excluding hydrogens is 356 g/mol. The molecule has 0 unspecified atom stereocenters. The van der Waals surface area contributed by atoms with Crippen LogP contribution in [0.2, 0.25) is 0 Å². The SMILES string of the molecule is COc1cc2c(=O)c3c(OC(C)=O)cccc3oc2c(OC(C)=O)c1OC. The van der Waals surface area contributed by atoms with Crippen molar-refractivity contribution in [3.63, 3.8) is 0 Å². The van der Waals surface area contributed by atoms with Gasteiger partial charge in [0, 0.05) is 13.8 Å². The summed E-state index contributed by atoms with van der Waals surface area (Å²) in [6.07, 6.45) is 0. The Morgan fingerprint density at radius 3 is 2.22 bits per heavy atom. The van der Waals surface area contributed by atoms with Crippen molar-refractivity contribution >= 4 is 33.9 Å². The third-order valence-electron chi connectivity index (χ3n) is 3.75. The lowest BCUT2D eigenvalue weighted by atomic mass is 10.1. The standard InChI is InChI=1S/C19H16O8/c1-9(20)25-12-6-5-7-13-15(12)16(22)11-8-14(23-3)18(24-4)19(17(11)27-13)26-10(2)21/h5-8H,1-4H3. The van der Waals surface area contributed by atoms with E-state index in [0.717, 1.165) is 0 Å². The summed E-state index contributed by atoms with van der Waals surface area (Å²) in [5.41, 5.74) is -0.301. The van der Waals surface area contributed by atoms with Gasteiger partial charge in [-0.1, -0.05) is 6.07 Å². The molecule has 3 aromatic rings. The van der Waals surface area contributed by atoms with Gasteiger partial charge in [0.25, 0.3) is 0 Å². The Kier molecular flexibility index (Phi) is 4.72. The number of fused-ring (bicyclic) bond motifs is 2. The highest BCUT2D eigenvalue weighted by Crippen LogP contribution is 2.44. The van der Waals surface area contributed by atoms with Crippen molar-refractivity contribution in [1.29, 1.82) is 0 Å². The molecule has 0 amide bonds. The zero-order chi connectivity index (χ0) is 19.7. The lowest BCUT2D eigenvalue weighted by Gasteiger charge is -2.15. The molecular formula is C19H16O8. The fraction of sp³-hybridized carbons (Fsp3) is 0.211. The lowest BCUT2D eigenvalue weighted by Crippen LogP contribution is -2.10. The van der Waals surface area contributed by atoms with Crippen LogP contribution in [0.1, 0.15) is 13.8 Å². The molecule has 0 fully saturated rings. The van der Waals surface area contributed by atoms with Gasteiger partial charge in [-0.15, -0.1) is 0 Å². The average Bonchev–Trinajstić information content (AvgIpc) is 2.61. The van der Waals surface area contributed by atoms with Crippen LogP contribution in [-0.2, 0) is 9.59 Å². The largest absolute Gasteiger partial charge is 0.493 e. The second-order valence-corrected chi connectivity index (χ2v) is 5.57. The van der Waals surface area contributed by atoms with Crippen molar-refractivity contribution in [3.8, 4) is 23.0 Å². The van der Waals surface area contributed by atoms with E-state index in [1.165, 1.54) is 46.3 Å². The predicted octanol–water partition coefficient (Wildman–Crippen LogP) is 2.81. The Morgan fingerprint density at radius 1 is 0.926 bits per heavy atom.